The zero-order chi connectivity index (χ0) is 14.3. The number of ether oxygens (including phenoxy) is 1. The second kappa shape index (κ2) is 4.97. The van der Waals surface area contributed by atoms with Gasteiger partial charge in [-0.25, -0.2) is 4.79 Å². The van der Waals surface area contributed by atoms with Crippen LogP contribution >= 0.6 is 0 Å². The van der Waals surface area contributed by atoms with Gasteiger partial charge in [0.2, 0.25) is 0 Å². The van der Waals surface area contributed by atoms with Gasteiger partial charge in [0.25, 0.3) is 0 Å². The van der Waals surface area contributed by atoms with Gasteiger partial charge in [0.15, 0.2) is 0 Å². The van der Waals surface area contributed by atoms with Gasteiger partial charge in [-0.3, -0.25) is 0 Å². The molecule has 2 atom stereocenters. The zero-order valence-electron chi connectivity index (χ0n) is 12.7. The quantitative estimate of drug-likeness (QED) is 0.837. The van der Waals surface area contributed by atoms with E-state index in [0.29, 0.717) is 11.3 Å². The van der Waals surface area contributed by atoms with Gasteiger partial charge >= 0.3 is 6.09 Å². The smallest absolute Gasteiger partial charge is 0.410 e. The molecule has 4 nitrogen and oxygen atoms in total. The molecule has 4 heteroatoms. The fourth-order valence-electron chi connectivity index (χ4n) is 3.38. The van der Waals surface area contributed by atoms with Gasteiger partial charge in [-0.05, 0) is 63.8 Å². The average Bonchev–Trinajstić information content (AvgIpc) is 3.01. The molecule has 1 spiro atoms. The average molecular weight is 268 g/mol. The van der Waals surface area contributed by atoms with Crippen molar-refractivity contribution in [2.75, 3.05) is 19.6 Å². The first kappa shape index (κ1) is 14.6. The summed E-state index contributed by atoms with van der Waals surface area (Å²) in [5, 5.41) is 0. The minimum absolute atomic E-state index is 0.161. The number of nitrogens with zero attached hydrogens (tertiary/aromatic N) is 1. The molecule has 1 saturated carbocycles. The summed E-state index contributed by atoms with van der Waals surface area (Å²) in [6.07, 6.45) is 3.36. The van der Waals surface area contributed by atoms with E-state index in [9.17, 15) is 4.79 Å². The van der Waals surface area contributed by atoms with Crippen molar-refractivity contribution in [3.63, 3.8) is 0 Å². The minimum atomic E-state index is -0.400. The first-order valence-corrected chi connectivity index (χ1v) is 7.45. The number of hydrogen-bond donors (Lipinski definition) is 1. The van der Waals surface area contributed by atoms with Crippen LogP contribution in [0.1, 0.15) is 47.0 Å². The number of likely N-dealkylation sites (tertiary alicyclic amines) is 1. The Bertz CT molecular complexity index is 341. The van der Waals surface area contributed by atoms with Crippen molar-refractivity contribution in [1.82, 2.24) is 4.90 Å². The van der Waals surface area contributed by atoms with E-state index in [1.54, 1.807) is 0 Å². The van der Waals surface area contributed by atoms with Gasteiger partial charge in [-0.2, -0.15) is 0 Å². The molecule has 1 aliphatic heterocycles. The van der Waals surface area contributed by atoms with Crippen LogP contribution in [0.5, 0.6) is 0 Å². The van der Waals surface area contributed by atoms with Crippen LogP contribution in [-0.2, 0) is 4.74 Å². The number of amides is 1. The Morgan fingerprint density at radius 1 is 1.42 bits per heavy atom. The summed E-state index contributed by atoms with van der Waals surface area (Å²) in [6, 6.07) is 0. The summed E-state index contributed by atoms with van der Waals surface area (Å²) in [7, 11) is 0. The lowest BCUT2D eigenvalue weighted by Crippen LogP contribution is -2.42. The van der Waals surface area contributed by atoms with Crippen molar-refractivity contribution >= 4 is 6.09 Å². The predicted molar refractivity (Wildman–Crippen MR) is 75.8 cm³/mol. The third kappa shape index (κ3) is 3.22. The van der Waals surface area contributed by atoms with E-state index >= 15 is 0 Å². The molecule has 19 heavy (non-hydrogen) atoms. The van der Waals surface area contributed by atoms with E-state index in [0.717, 1.165) is 38.4 Å². The molecule has 1 saturated heterocycles. The van der Waals surface area contributed by atoms with Crippen molar-refractivity contribution < 1.29 is 9.53 Å². The molecule has 0 bridgehead atoms. The highest BCUT2D eigenvalue weighted by molar-refractivity contribution is 5.68. The molecule has 1 aliphatic carbocycles. The zero-order valence-corrected chi connectivity index (χ0v) is 12.7. The molecule has 0 aromatic heterocycles. The van der Waals surface area contributed by atoms with Gasteiger partial charge in [0, 0.05) is 13.1 Å². The second-order valence-electron chi connectivity index (χ2n) is 7.35. The maximum absolute atomic E-state index is 12.0. The first-order chi connectivity index (χ1) is 8.77. The minimum Gasteiger partial charge on any atom is -0.444 e. The van der Waals surface area contributed by atoms with Crippen LogP contribution in [0.25, 0.3) is 0 Å². The van der Waals surface area contributed by atoms with Gasteiger partial charge in [-0.15, -0.1) is 0 Å². The number of hydrogen-bond acceptors (Lipinski definition) is 3. The van der Waals surface area contributed by atoms with E-state index in [1.165, 1.54) is 6.42 Å². The summed E-state index contributed by atoms with van der Waals surface area (Å²) in [6.45, 7) is 10.4. The molecule has 2 rings (SSSR count). The van der Waals surface area contributed by atoms with Crippen LogP contribution in [0.4, 0.5) is 4.79 Å². The van der Waals surface area contributed by atoms with E-state index in [4.69, 9.17) is 10.5 Å². The second-order valence-corrected chi connectivity index (χ2v) is 7.35. The lowest BCUT2D eigenvalue weighted by atomic mass is 9.87. The number of carbonyl (C=O) groups excluding carboxylic acids is 1. The van der Waals surface area contributed by atoms with Crippen LogP contribution in [0, 0.1) is 17.3 Å². The third-order valence-electron chi connectivity index (χ3n) is 4.72. The van der Waals surface area contributed by atoms with Crippen LogP contribution in [0.3, 0.4) is 0 Å². The van der Waals surface area contributed by atoms with Gasteiger partial charge in [0.05, 0.1) is 0 Å². The Kier molecular flexibility index (Phi) is 3.83. The molecule has 2 unspecified atom stereocenters. The van der Waals surface area contributed by atoms with Crippen molar-refractivity contribution in [2.45, 2.75) is 52.6 Å². The fourth-order valence-corrected chi connectivity index (χ4v) is 3.38. The monoisotopic (exact) mass is 268 g/mol. The van der Waals surface area contributed by atoms with Crippen molar-refractivity contribution in [3.8, 4) is 0 Å². The molecular formula is C15H28N2O2. The lowest BCUT2D eigenvalue weighted by molar-refractivity contribution is 0.0161. The molecule has 110 valence electrons. The topological polar surface area (TPSA) is 55.6 Å². The first-order valence-electron chi connectivity index (χ1n) is 7.45. The highest BCUT2D eigenvalue weighted by Crippen LogP contribution is 2.62. The molecule has 2 aliphatic rings. The molecule has 0 aromatic carbocycles. The Balaban J connectivity index is 1.82. The predicted octanol–water partition coefficient (Wildman–Crippen LogP) is 2.62. The summed E-state index contributed by atoms with van der Waals surface area (Å²) in [5.74, 6) is 1.39. The number of carbonyl (C=O) groups is 1. The molecule has 0 aromatic rings. The summed E-state index contributed by atoms with van der Waals surface area (Å²) in [5.41, 5.74) is 5.85. The molecule has 0 radical (unpaired) electrons. The number of rotatable bonds is 2. The third-order valence-corrected chi connectivity index (χ3v) is 4.72. The Morgan fingerprint density at radius 3 is 2.47 bits per heavy atom. The normalized spacial score (nSPS) is 27.2. The van der Waals surface area contributed by atoms with Crippen LogP contribution in [0.15, 0.2) is 0 Å². The van der Waals surface area contributed by atoms with E-state index in [2.05, 4.69) is 6.92 Å². The van der Waals surface area contributed by atoms with Gasteiger partial charge in [0.1, 0.15) is 5.60 Å². The summed E-state index contributed by atoms with van der Waals surface area (Å²) >= 11 is 0. The largest absolute Gasteiger partial charge is 0.444 e. The molecular weight excluding hydrogens is 240 g/mol. The van der Waals surface area contributed by atoms with Gasteiger partial charge < -0.3 is 15.4 Å². The van der Waals surface area contributed by atoms with E-state index in [-0.39, 0.29) is 6.09 Å². The molecule has 1 amide bonds. The van der Waals surface area contributed by atoms with Crippen LogP contribution in [0.2, 0.25) is 0 Å². The Labute approximate surface area is 116 Å². The SMILES string of the molecule is CC(CN)C1CC12CCN(C(=O)OC(C)(C)C)CC2. The number of nitrogens with two attached hydrogens (primary N) is 1. The molecule has 2 fully saturated rings. The summed E-state index contributed by atoms with van der Waals surface area (Å²) in [4.78, 5) is 13.9. The van der Waals surface area contributed by atoms with Crippen LogP contribution in [-0.4, -0.2) is 36.2 Å². The standard InChI is InChI=1S/C15H28N2O2/c1-11(10-16)12-9-15(12)5-7-17(8-6-15)13(18)19-14(2,3)4/h11-12H,5-10,16H2,1-4H3. The van der Waals surface area contributed by atoms with Crippen molar-refractivity contribution in [1.29, 1.82) is 0 Å². The summed E-state index contributed by atoms with van der Waals surface area (Å²) < 4.78 is 5.43. The van der Waals surface area contributed by atoms with Gasteiger partial charge in [-0.1, -0.05) is 6.92 Å². The van der Waals surface area contributed by atoms with Crippen molar-refractivity contribution in [3.05, 3.63) is 0 Å². The number of piperidine rings is 1. The fraction of sp³-hybridized carbons (Fsp3) is 0.933. The highest BCUT2D eigenvalue weighted by atomic mass is 16.6. The molecule has 1 heterocycles. The van der Waals surface area contributed by atoms with Crippen LogP contribution < -0.4 is 5.73 Å². The maximum Gasteiger partial charge on any atom is 0.410 e. The Morgan fingerprint density at radius 2 is 2.00 bits per heavy atom. The van der Waals surface area contributed by atoms with E-state index in [1.807, 2.05) is 25.7 Å². The Hall–Kier alpha value is -0.770. The van der Waals surface area contributed by atoms with Crippen molar-refractivity contribution in [2.24, 2.45) is 23.0 Å². The van der Waals surface area contributed by atoms with E-state index < -0.39 is 5.60 Å². The lowest BCUT2D eigenvalue weighted by Gasteiger charge is -2.34. The maximum atomic E-state index is 12.0. The highest BCUT2D eigenvalue weighted by Gasteiger charge is 2.56. The molecule has 2 N–H and O–H groups in total.